The minimum atomic E-state index is -0.354. The summed E-state index contributed by atoms with van der Waals surface area (Å²) in [6.07, 6.45) is 2.45. The fourth-order valence-electron chi connectivity index (χ4n) is 0.899. The Hall–Kier alpha value is -0.860. The third-order valence-electron chi connectivity index (χ3n) is 2.18. The van der Waals surface area contributed by atoms with Crippen molar-refractivity contribution in [3.8, 4) is 0 Å². The standard InChI is InChI=1S/C10H18N2O/c1-7(8-5-6-8)11-12-9(13)10(2,3)4/h8H,5-6H2,1-4H3,(H,12,13)/b11-7+. The second-order valence-corrected chi connectivity index (χ2v) is 4.72. The zero-order valence-corrected chi connectivity index (χ0v) is 8.85. The highest BCUT2D eigenvalue weighted by Crippen LogP contribution is 2.30. The van der Waals surface area contributed by atoms with Crippen LogP contribution >= 0.6 is 0 Å². The van der Waals surface area contributed by atoms with Gasteiger partial charge in [-0.25, -0.2) is 5.43 Å². The molecule has 0 atom stereocenters. The molecule has 13 heavy (non-hydrogen) atoms. The summed E-state index contributed by atoms with van der Waals surface area (Å²) in [7, 11) is 0. The van der Waals surface area contributed by atoms with Gasteiger partial charge in [0, 0.05) is 11.1 Å². The number of rotatable bonds is 2. The van der Waals surface area contributed by atoms with Crippen LogP contribution in [0, 0.1) is 11.3 Å². The van der Waals surface area contributed by atoms with E-state index in [9.17, 15) is 4.79 Å². The Morgan fingerprint density at radius 3 is 2.31 bits per heavy atom. The van der Waals surface area contributed by atoms with Crippen LogP contribution < -0.4 is 5.43 Å². The molecule has 1 rings (SSSR count). The predicted molar refractivity (Wildman–Crippen MR) is 53.4 cm³/mol. The maximum Gasteiger partial charge on any atom is 0.245 e. The fraction of sp³-hybridized carbons (Fsp3) is 0.800. The molecule has 0 spiro atoms. The summed E-state index contributed by atoms with van der Waals surface area (Å²) in [6.45, 7) is 7.61. The molecule has 74 valence electrons. The van der Waals surface area contributed by atoms with Crippen molar-refractivity contribution >= 4 is 11.6 Å². The minimum absolute atomic E-state index is 0.0208. The van der Waals surface area contributed by atoms with Gasteiger partial charge in [0.1, 0.15) is 0 Å². The van der Waals surface area contributed by atoms with Gasteiger partial charge < -0.3 is 0 Å². The molecule has 1 fully saturated rings. The van der Waals surface area contributed by atoms with Crippen LogP contribution in [0.2, 0.25) is 0 Å². The summed E-state index contributed by atoms with van der Waals surface area (Å²) in [5.41, 5.74) is 3.29. The first-order chi connectivity index (χ1) is 5.91. The van der Waals surface area contributed by atoms with E-state index in [1.54, 1.807) is 0 Å². The van der Waals surface area contributed by atoms with Crippen molar-refractivity contribution in [1.29, 1.82) is 0 Å². The van der Waals surface area contributed by atoms with Gasteiger partial charge in [-0.2, -0.15) is 5.10 Å². The Morgan fingerprint density at radius 1 is 1.38 bits per heavy atom. The van der Waals surface area contributed by atoms with E-state index in [-0.39, 0.29) is 11.3 Å². The van der Waals surface area contributed by atoms with Gasteiger partial charge in [0.15, 0.2) is 0 Å². The minimum Gasteiger partial charge on any atom is -0.273 e. The maximum absolute atomic E-state index is 11.4. The van der Waals surface area contributed by atoms with Crippen LogP contribution in [-0.4, -0.2) is 11.6 Å². The Morgan fingerprint density at radius 2 is 1.92 bits per heavy atom. The lowest BCUT2D eigenvalue weighted by Gasteiger charge is -2.15. The van der Waals surface area contributed by atoms with Crippen molar-refractivity contribution in [2.75, 3.05) is 0 Å². The Labute approximate surface area is 79.6 Å². The Kier molecular flexibility index (Phi) is 2.74. The third-order valence-corrected chi connectivity index (χ3v) is 2.18. The second kappa shape index (κ2) is 3.48. The second-order valence-electron chi connectivity index (χ2n) is 4.72. The van der Waals surface area contributed by atoms with Gasteiger partial charge in [0.05, 0.1) is 0 Å². The SMILES string of the molecule is C/C(=N\NC(=O)C(C)(C)C)C1CC1. The van der Waals surface area contributed by atoms with Crippen LogP contribution in [0.15, 0.2) is 5.10 Å². The number of carbonyl (C=O) groups excluding carboxylic acids is 1. The Bertz CT molecular complexity index is 234. The van der Waals surface area contributed by atoms with Crippen LogP contribution in [0.25, 0.3) is 0 Å². The summed E-state index contributed by atoms with van der Waals surface area (Å²) >= 11 is 0. The topological polar surface area (TPSA) is 41.5 Å². The van der Waals surface area contributed by atoms with E-state index in [4.69, 9.17) is 0 Å². The van der Waals surface area contributed by atoms with E-state index in [0.29, 0.717) is 5.92 Å². The number of nitrogens with one attached hydrogen (secondary N) is 1. The molecule has 1 amide bonds. The van der Waals surface area contributed by atoms with Gasteiger partial charge >= 0.3 is 0 Å². The molecule has 0 aromatic heterocycles. The van der Waals surface area contributed by atoms with Crippen LogP contribution in [-0.2, 0) is 4.79 Å². The summed E-state index contributed by atoms with van der Waals surface area (Å²) < 4.78 is 0. The third kappa shape index (κ3) is 3.17. The monoisotopic (exact) mass is 182 g/mol. The quantitative estimate of drug-likeness (QED) is 0.514. The number of amides is 1. The van der Waals surface area contributed by atoms with E-state index in [2.05, 4.69) is 10.5 Å². The van der Waals surface area contributed by atoms with Gasteiger partial charge in [0.2, 0.25) is 5.91 Å². The molecule has 1 saturated carbocycles. The normalized spacial score (nSPS) is 18.6. The van der Waals surface area contributed by atoms with Gasteiger partial charge in [-0.05, 0) is 25.7 Å². The molecule has 0 radical (unpaired) electrons. The van der Waals surface area contributed by atoms with Crippen molar-refractivity contribution in [2.24, 2.45) is 16.4 Å². The smallest absolute Gasteiger partial charge is 0.245 e. The van der Waals surface area contributed by atoms with E-state index in [1.807, 2.05) is 27.7 Å². The number of hydrogen-bond donors (Lipinski definition) is 1. The fourth-order valence-corrected chi connectivity index (χ4v) is 0.899. The molecule has 0 unspecified atom stereocenters. The van der Waals surface area contributed by atoms with Crippen LogP contribution in [0.3, 0.4) is 0 Å². The number of hydrazone groups is 1. The molecule has 3 heteroatoms. The predicted octanol–water partition coefficient (Wildman–Crippen LogP) is 1.93. The number of nitrogens with zero attached hydrogens (tertiary/aromatic N) is 1. The lowest BCUT2D eigenvalue weighted by Crippen LogP contribution is -2.32. The van der Waals surface area contributed by atoms with Crippen molar-refractivity contribution in [3.05, 3.63) is 0 Å². The lowest BCUT2D eigenvalue weighted by molar-refractivity contribution is -0.128. The van der Waals surface area contributed by atoms with Crippen LogP contribution in [0.4, 0.5) is 0 Å². The molecular formula is C10H18N2O. The molecule has 1 aliphatic rings. The molecule has 0 heterocycles. The average Bonchev–Trinajstić information content (AvgIpc) is 2.79. The van der Waals surface area contributed by atoms with Gasteiger partial charge in [-0.3, -0.25) is 4.79 Å². The lowest BCUT2D eigenvalue weighted by atomic mass is 9.96. The zero-order chi connectivity index (χ0) is 10.1. The zero-order valence-electron chi connectivity index (χ0n) is 8.85. The van der Waals surface area contributed by atoms with Gasteiger partial charge in [0.25, 0.3) is 0 Å². The first kappa shape index (κ1) is 10.2. The summed E-state index contributed by atoms with van der Waals surface area (Å²) in [6, 6.07) is 0. The van der Waals surface area contributed by atoms with Crippen molar-refractivity contribution in [3.63, 3.8) is 0 Å². The summed E-state index contributed by atoms with van der Waals surface area (Å²) in [5, 5.41) is 4.07. The van der Waals surface area contributed by atoms with E-state index in [0.717, 1.165) is 5.71 Å². The summed E-state index contributed by atoms with van der Waals surface area (Å²) in [5.74, 6) is 0.604. The van der Waals surface area contributed by atoms with Crippen molar-refractivity contribution in [1.82, 2.24) is 5.43 Å². The number of hydrogen-bond acceptors (Lipinski definition) is 2. The first-order valence-corrected chi connectivity index (χ1v) is 4.76. The highest BCUT2D eigenvalue weighted by molar-refractivity contribution is 5.88. The van der Waals surface area contributed by atoms with Crippen LogP contribution in [0.1, 0.15) is 40.5 Å². The largest absolute Gasteiger partial charge is 0.273 e. The van der Waals surface area contributed by atoms with E-state index in [1.165, 1.54) is 12.8 Å². The molecule has 1 N–H and O–H groups in total. The molecule has 0 bridgehead atoms. The van der Waals surface area contributed by atoms with Gasteiger partial charge in [-0.15, -0.1) is 0 Å². The average molecular weight is 182 g/mol. The Balaban J connectivity index is 2.41. The molecule has 0 aromatic rings. The molecule has 0 aliphatic heterocycles. The number of carbonyl (C=O) groups is 1. The van der Waals surface area contributed by atoms with E-state index < -0.39 is 0 Å². The molecule has 1 aliphatic carbocycles. The van der Waals surface area contributed by atoms with Crippen molar-refractivity contribution in [2.45, 2.75) is 40.5 Å². The first-order valence-electron chi connectivity index (χ1n) is 4.76. The molecule has 0 aromatic carbocycles. The van der Waals surface area contributed by atoms with Crippen LogP contribution in [0.5, 0.6) is 0 Å². The van der Waals surface area contributed by atoms with Crippen molar-refractivity contribution < 1.29 is 4.79 Å². The highest BCUT2D eigenvalue weighted by Gasteiger charge is 2.25. The molecule has 0 saturated heterocycles. The van der Waals surface area contributed by atoms with Gasteiger partial charge in [-0.1, -0.05) is 20.8 Å². The highest BCUT2D eigenvalue weighted by atomic mass is 16.2. The molecular weight excluding hydrogens is 164 g/mol. The molecule has 3 nitrogen and oxygen atoms in total. The summed E-state index contributed by atoms with van der Waals surface area (Å²) in [4.78, 5) is 11.4. The van der Waals surface area contributed by atoms with E-state index >= 15 is 0 Å². The maximum atomic E-state index is 11.4.